The highest BCUT2D eigenvalue weighted by molar-refractivity contribution is 6.36. The van der Waals surface area contributed by atoms with Gasteiger partial charge in [-0.25, -0.2) is 15.0 Å². The summed E-state index contributed by atoms with van der Waals surface area (Å²) in [7, 11) is 0. The lowest BCUT2D eigenvalue weighted by molar-refractivity contribution is 0.983. The van der Waals surface area contributed by atoms with Crippen molar-refractivity contribution in [2.75, 3.05) is 5.32 Å². The first-order valence-corrected chi connectivity index (χ1v) is 4.42. The van der Waals surface area contributed by atoms with E-state index in [2.05, 4.69) is 20.3 Å². The second kappa shape index (κ2) is 2.77. The number of benzene rings is 1. The molecule has 0 bridgehead atoms. The van der Waals surface area contributed by atoms with Crippen LogP contribution in [0.4, 0.5) is 11.4 Å². The van der Waals surface area contributed by atoms with Crippen LogP contribution in [0.2, 0.25) is 0 Å². The molecule has 4 nitrogen and oxygen atoms in total. The predicted octanol–water partition coefficient (Wildman–Crippen LogP) is 1.62. The van der Waals surface area contributed by atoms with Gasteiger partial charge < -0.3 is 5.32 Å². The second-order valence-electron chi connectivity index (χ2n) is 3.14. The minimum atomic E-state index is -0.0672. The summed E-state index contributed by atoms with van der Waals surface area (Å²) in [6.07, 6.45) is 3.22. The summed E-state index contributed by atoms with van der Waals surface area (Å²) < 4.78 is 0. The molecule has 1 atom stereocenters. The molecule has 0 amide bonds. The monoisotopic (exact) mass is 184 g/mol. The van der Waals surface area contributed by atoms with Crippen LogP contribution >= 0.6 is 0 Å². The van der Waals surface area contributed by atoms with Gasteiger partial charge in [0, 0.05) is 0 Å². The number of aliphatic imine (C=N–C) groups is 3. The number of para-hydroxylation sites is 2. The summed E-state index contributed by atoms with van der Waals surface area (Å²) in [5, 5.41) is 3.28. The molecule has 68 valence electrons. The van der Waals surface area contributed by atoms with Crippen molar-refractivity contribution in [1.29, 1.82) is 0 Å². The van der Waals surface area contributed by atoms with Gasteiger partial charge in [0.05, 0.1) is 17.6 Å². The highest BCUT2D eigenvalue weighted by atomic mass is 15.2. The van der Waals surface area contributed by atoms with Gasteiger partial charge in [0.1, 0.15) is 12.1 Å². The van der Waals surface area contributed by atoms with Gasteiger partial charge in [0.15, 0.2) is 6.17 Å². The molecule has 0 aliphatic carbocycles. The van der Waals surface area contributed by atoms with Crippen LogP contribution in [-0.4, -0.2) is 24.4 Å². The van der Waals surface area contributed by atoms with Gasteiger partial charge in [-0.3, -0.25) is 0 Å². The van der Waals surface area contributed by atoms with E-state index in [9.17, 15) is 0 Å². The summed E-state index contributed by atoms with van der Waals surface area (Å²) in [5.74, 6) is 0. The minimum absolute atomic E-state index is 0.0672. The molecule has 0 fully saturated rings. The molecular weight excluding hydrogens is 176 g/mol. The number of hydrogen-bond donors (Lipinski definition) is 1. The molecular formula is C10H8N4. The molecule has 3 rings (SSSR count). The highest BCUT2D eigenvalue weighted by Crippen LogP contribution is 2.29. The zero-order valence-corrected chi connectivity index (χ0v) is 7.38. The van der Waals surface area contributed by atoms with Crippen molar-refractivity contribution in [3.63, 3.8) is 0 Å². The Bertz CT molecular complexity index is 459. The maximum Gasteiger partial charge on any atom is 0.165 e. The molecule has 1 N–H and O–H groups in total. The summed E-state index contributed by atoms with van der Waals surface area (Å²) in [4.78, 5) is 12.6. The fourth-order valence-corrected chi connectivity index (χ4v) is 1.54. The SMILES string of the molecule is C1=NC=NC2Nc3ccccc3N=C12. The van der Waals surface area contributed by atoms with E-state index in [1.165, 1.54) is 0 Å². The van der Waals surface area contributed by atoms with E-state index in [0.717, 1.165) is 17.1 Å². The van der Waals surface area contributed by atoms with Crippen molar-refractivity contribution in [3.8, 4) is 0 Å². The van der Waals surface area contributed by atoms with E-state index in [0.29, 0.717) is 0 Å². The molecule has 14 heavy (non-hydrogen) atoms. The first-order chi connectivity index (χ1) is 6.93. The van der Waals surface area contributed by atoms with Crippen LogP contribution in [0.25, 0.3) is 0 Å². The van der Waals surface area contributed by atoms with Crippen molar-refractivity contribution in [2.45, 2.75) is 6.17 Å². The third-order valence-electron chi connectivity index (χ3n) is 2.22. The van der Waals surface area contributed by atoms with Crippen LogP contribution in [0, 0.1) is 0 Å². The van der Waals surface area contributed by atoms with Crippen molar-refractivity contribution >= 4 is 29.6 Å². The lowest BCUT2D eigenvalue weighted by Gasteiger charge is -2.23. The number of nitrogens with zero attached hydrogens (tertiary/aromatic N) is 3. The lowest BCUT2D eigenvalue weighted by Crippen LogP contribution is -2.32. The largest absolute Gasteiger partial charge is 0.357 e. The summed E-state index contributed by atoms with van der Waals surface area (Å²) in [6, 6.07) is 7.91. The van der Waals surface area contributed by atoms with Crippen molar-refractivity contribution < 1.29 is 0 Å². The number of hydrogen-bond acceptors (Lipinski definition) is 4. The van der Waals surface area contributed by atoms with Gasteiger partial charge >= 0.3 is 0 Å². The average molecular weight is 184 g/mol. The molecule has 1 aromatic rings. The Kier molecular flexibility index (Phi) is 1.47. The maximum atomic E-state index is 4.46. The Morgan fingerprint density at radius 1 is 1.21 bits per heavy atom. The average Bonchev–Trinajstić information content (AvgIpc) is 2.26. The Morgan fingerprint density at radius 2 is 2.14 bits per heavy atom. The van der Waals surface area contributed by atoms with E-state index >= 15 is 0 Å². The number of fused-ring (bicyclic) bond motifs is 2. The van der Waals surface area contributed by atoms with E-state index in [4.69, 9.17) is 0 Å². The number of rotatable bonds is 0. The van der Waals surface area contributed by atoms with Crippen molar-refractivity contribution in [3.05, 3.63) is 24.3 Å². The summed E-state index contributed by atoms with van der Waals surface area (Å²) in [5.41, 5.74) is 2.84. The maximum absolute atomic E-state index is 4.46. The molecule has 0 saturated carbocycles. The second-order valence-corrected chi connectivity index (χ2v) is 3.14. The van der Waals surface area contributed by atoms with Gasteiger partial charge in [-0.1, -0.05) is 12.1 Å². The molecule has 2 aliphatic rings. The molecule has 0 radical (unpaired) electrons. The number of anilines is 1. The first kappa shape index (κ1) is 7.44. The van der Waals surface area contributed by atoms with E-state index < -0.39 is 0 Å². The lowest BCUT2D eigenvalue weighted by atomic mass is 10.2. The van der Waals surface area contributed by atoms with E-state index in [1.807, 2.05) is 24.3 Å². The van der Waals surface area contributed by atoms with Gasteiger partial charge in [-0.05, 0) is 12.1 Å². The molecule has 2 heterocycles. The minimum Gasteiger partial charge on any atom is -0.357 e. The third-order valence-corrected chi connectivity index (χ3v) is 2.22. The van der Waals surface area contributed by atoms with E-state index in [1.54, 1.807) is 12.6 Å². The molecule has 1 unspecified atom stereocenters. The standard InChI is InChI=1S/C10H8N4/c1-2-4-8-7(3-1)13-9-5-11-6-12-10(9)14-8/h1-6,10,14H. The predicted molar refractivity (Wildman–Crippen MR) is 57.9 cm³/mol. The quantitative estimate of drug-likeness (QED) is 0.654. The van der Waals surface area contributed by atoms with Gasteiger partial charge in [-0.15, -0.1) is 0 Å². The van der Waals surface area contributed by atoms with Crippen molar-refractivity contribution in [2.24, 2.45) is 15.0 Å². The first-order valence-electron chi connectivity index (χ1n) is 4.42. The van der Waals surface area contributed by atoms with Crippen LogP contribution in [0.15, 0.2) is 39.2 Å². The zero-order chi connectivity index (χ0) is 9.38. The Hall–Kier alpha value is -1.97. The normalized spacial score (nSPS) is 22.0. The van der Waals surface area contributed by atoms with Crippen LogP contribution in [0.3, 0.4) is 0 Å². The Balaban J connectivity index is 2.13. The highest BCUT2D eigenvalue weighted by Gasteiger charge is 2.20. The molecule has 4 heteroatoms. The van der Waals surface area contributed by atoms with E-state index in [-0.39, 0.29) is 6.17 Å². The fourth-order valence-electron chi connectivity index (χ4n) is 1.54. The summed E-state index contributed by atoms with van der Waals surface area (Å²) in [6.45, 7) is 0. The van der Waals surface area contributed by atoms with Crippen LogP contribution in [0.5, 0.6) is 0 Å². The van der Waals surface area contributed by atoms with Gasteiger partial charge in [-0.2, -0.15) is 0 Å². The molecule has 0 spiro atoms. The molecule has 0 saturated heterocycles. The van der Waals surface area contributed by atoms with Crippen molar-refractivity contribution in [1.82, 2.24) is 0 Å². The molecule has 1 aromatic carbocycles. The van der Waals surface area contributed by atoms with Crippen LogP contribution in [0.1, 0.15) is 0 Å². The van der Waals surface area contributed by atoms with Gasteiger partial charge in [0.25, 0.3) is 0 Å². The zero-order valence-electron chi connectivity index (χ0n) is 7.38. The fraction of sp³-hybridized carbons (Fsp3) is 0.100. The van der Waals surface area contributed by atoms with Crippen LogP contribution < -0.4 is 5.32 Å². The summed E-state index contributed by atoms with van der Waals surface area (Å²) >= 11 is 0. The van der Waals surface area contributed by atoms with Crippen LogP contribution in [-0.2, 0) is 0 Å². The Morgan fingerprint density at radius 3 is 3.14 bits per heavy atom. The third kappa shape index (κ3) is 1.04. The number of nitrogens with one attached hydrogen (secondary N) is 1. The molecule has 2 aliphatic heterocycles. The smallest absolute Gasteiger partial charge is 0.165 e. The molecule has 0 aromatic heterocycles. The van der Waals surface area contributed by atoms with Gasteiger partial charge in [0.2, 0.25) is 0 Å². The topological polar surface area (TPSA) is 49.1 Å². The Labute approximate surface area is 81.1 Å².